The Morgan fingerprint density at radius 1 is 1.06 bits per heavy atom. The highest BCUT2D eigenvalue weighted by molar-refractivity contribution is 5.94. The smallest absolute Gasteiger partial charge is 0.338 e. The normalized spacial score (nSPS) is 18.2. The Kier molecular flexibility index (Phi) is 7.53. The van der Waals surface area contributed by atoms with Gasteiger partial charge in [0.25, 0.3) is 11.5 Å². The number of hydrogen-bond donors (Lipinski definition) is 6. The number of nitrogens with two attached hydrogens (primary N) is 2. The van der Waals surface area contributed by atoms with Crippen molar-refractivity contribution in [2.75, 3.05) is 5.32 Å². The molecule has 1 aliphatic carbocycles. The molecule has 1 unspecified atom stereocenters. The van der Waals surface area contributed by atoms with Crippen LogP contribution in [0.3, 0.4) is 0 Å². The van der Waals surface area contributed by atoms with Gasteiger partial charge in [0.05, 0.1) is 24.0 Å². The maximum Gasteiger partial charge on any atom is 0.338 e. The maximum absolute atomic E-state index is 13.1. The van der Waals surface area contributed by atoms with Crippen LogP contribution in [0.15, 0.2) is 65.6 Å². The first kappa shape index (κ1) is 24.8. The predicted molar refractivity (Wildman–Crippen MR) is 137 cm³/mol. The van der Waals surface area contributed by atoms with Crippen molar-refractivity contribution in [2.45, 2.75) is 50.2 Å². The van der Waals surface area contributed by atoms with Crippen LogP contribution in [-0.4, -0.2) is 39.4 Å². The predicted octanol–water partition coefficient (Wildman–Crippen LogP) is 0.322. The molecule has 1 atom stereocenters. The van der Waals surface area contributed by atoms with Crippen molar-refractivity contribution in [3.05, 3.63) is 82.3 Å². The van der Waals surface area contributed by atoms with Crippen molar-refractivity contribution in [3.63, 3.8) is 0 Å². The minimum Gasteiger partial charge on any atom is -0.481 e. The molecular formula is C26H31N6O4+. The van der Waals surface area contributed by atoms with E-state index in [0.29, 0.717) is 17.1 Å². The highest BCUT2D eigenvalue weighted by Gasteiger charge is 2.23. The monoisotopic (exact) mass is 491 g/mol. The number of nitrogens with zero attached hydrogens (tertiary/aromatic N) is 1. The van der Waals surface area contributed by atoms with Crippen molar-refractivity contribution < 1.29 is 19.7 Å². The number of rotatable bonds is 8. The van der Waals surface area contributed by atoms with Gasteiger partial charge in [0.2, 0.25) is 0 Å². The van der Waals surface area contributed by atoms with E-state index >= 15 is 0 Å². The van der Waals surface area contributed by atoms with Crippen LogP contribution >= 0.6 is 0 Å². The molecule has 1 fully saturated rings. The van der Waals surface area contributed by atoms with E-state index in [0.717, 1.165) is 31.4 Å². The molecule has 10 nitrogen and oxygen atoms in total. The van der Waals surface area contributed by atoms with Gasteiger partial charge in [-0.05, 0) is 55.5 Å². The highest BCUT2D eigenvalue weighted by atomic mass is 16.4. The summed E-state index contributed by atoms with van der Waals surface area (Å²) in [5.41, 5.74) is 12.7. The molecule has 0 aliphatic heterocycles. The summed E-state index contributed by atoms with van der Waals surface area (Å²) in [6.07, 6.45) is 5.16. The van der Waals surface area contributed by atoms with E-state index in [9.17, 15) is 19.5 Å². The fraction of sp³-hybridized carbons (Fsp3) is 0.308. The van der Waals surface area contributed by atoms with Crippen molar-refractivity contribution in [1.82, 2.24) is 9.72 Å². The summed E-state index contributed by atoms with van der Waals surface area (Å²) in [6, 6.07) is 15.5. The second-order valence-corrected chi connectivity index (χ2v) is 9.09. The first-order valence-electron chi connectivity index (χ1n) is 11.9. The number of amides is 1. The Morgan fingerprint density at radius 3 is 2.44 bits per heavy atom. The fourth-order valence-electron chi connectivity index (χ4n) is 4.67. The largest absolute Gasteiger partial charge is 0.481 e. The third-order valence-electron chi connectivity index (χ3n) is 6.45. The number of guanidine groups is 1. The summed E-state index contributed by atoms with van der Waals surface area (Å²) < 4.78 is 1.41. The number of aromatic nitrogens is 1. The summed E-state index contributed by atoms with van der Waals surface area (Å²) in [4.78, 5) is 40.4. The third kappa shape index (κ3) is 6.01. The van der Waals surface area contributed by atoms with Gasteiger partial charge in [0.1, 0.15) is 5.56 Å². The number of carbonyl (C=O) groups excluding carboxylic acids is 1. The summed E-state index contributed by atoms with van der Waals surface area (Å²) in [5, 5.41) is 15.5. The zero-order valence-electron chi connectivity index (χ0n) is 19.8. The number of pyridine rings is 2. The van der Waals surface area contributed by atoms with Gasteiger partial charge in [-0.15, -0.1) is 0 Å². The summed E-state index contributed by atoms with van der Waals surface area (Å²) in [6.45, 7) is 0. The van der Waals surface area contributed by atoms with Gasteiger partial charge in [0, 0.05) is 17.9 Å². The molecule has 36 heavy (non-hydrogen) atoms. The lowest BCUT2D eigenvalue weighted by atomic mass is 9.91. The first-order chi connectivity index (χ1) is 17.3. The van der Waals surface area contributed by atoms with Crippen LogP contribution in [0, 0.1) is 0 Å². The molecule has 0 radical (unpaired) electrons. The molecule has 0 saturated heterocycles. The average molecular weight is 492 g/mol. The maximum atomic E-state index is 13.1. The number of anilines is 1. The first-order valence-corrected chi connectivity index (χ1v) is 11.9. The number of fused-ring (bicyclic) bond motifs is 1. The highest BCUT2D eigenvalue weighted by Crippen LogP contribution is 2.22. The van der Waals surface area contributed by atoms with Crippen LogP contribution in [-0.2, 0) is 4.79 Å². The SMILES string of the molecule is NC(N)=[NH+]C1CCC(Nc2ccn3c(=O)c(C(=O)NC(CC(=O)O)c4ccccc4)ccc3c2)CC1. The van der Waals surface area contributed by atoms with Crippen LogP contribution < -0.4 is 32.7 Å². The van der Waals surface area contributed by atoms with Gasteiger partial charge in [-0.3, -0.25) is 35.2 Å². The molecule has 188 valence electrons. The quantitative estimate of drug-likeness (QED) is 0.195. The number of carbonyl (C=O) groups is 2. The summed E-state index contributed by atoms with van der Waals surface area (Å²) in [7, 11) is 0. The Labute approximate surface area is 208 Å². The van der Waals surface area contributed by atoms with Crippen LogP contribution in [0.4, 0.5) is 5.69 Å². The van der Waals surface area contributed by atoms with Gasteiger partial charge >= 0.3 is 11.9 Å². The molecule has 2 heterocycles. The molecule has 1 amide bonds. The van der Waals surface area contributed by atoms with Crippen LogP contribution in [0.5, 0.6) is 0 Å². The van der Waals surface area contributed by atoms with E-state index in [1.807, 2.05) is 12.1 Å². The van der Waals surface area contributed by atoms with Gasteiger partial charge in [0.15, 0.2) is 0 Å². The Balaban J connectivity index is 1.48. The summed E-state index contributed by atoms with van der Waals surface area (Å²) >= 11 is 0. The van der Waals surface area contributed by atoms with Crippen molar-refractivity contribution in [1.29, 1.82) is 0 Å². The van der Waals surface area contributed by atoms with E-state index in [1.165, 1.54) is 10.5 Å². The van der Waals surface area contributed by atoms with Crippen LogP contribution in [0.2, 0.25) is 0 Å². The molecular weight excluding hydrogens is 460 g/mol. The molecule has 1 aromatic carbocycles. The number of nitrogens with one attached hydrogen (secondary N) is 3. The molecule has 4 rings (SSSR count). The van der Waals surface area contributed by atoms with Gasteiger partial charge < -0.3 is 15.7 Å². The van der Waals surface area contributed by atoms with Crippen molar-refractivity contribution in [3.8, 4) is 0 Å². The Morgan fingerprint density at radius 2 is 1.78 bits per heavy atom. The number of carboxylic acid groups (broad SMARTS) is 1. The lowest BCUT2D eigenvalue weighted by molar-refractivity contribution is -0.509. The van der Waals surface area contributed by atoms with Crippen molar-refractivity contribution in [2.24, 2.45) is 11.5 Å². The van der Waals surface area contributed by atoms with E-state index in [-0.39, 0.29) is 24.0 Å². The van der Waals surface area contributed by atoms with E-state index < -0.39 is 23.5 Å². The third-order valence-corrected chi connectivity index (χ3v) is 6.45. The Bertz CT molecular complexity index is 1330. The molecule has 0 spiro atoms. The van der Waals surface area contributed by atoms with E-state index in [2.05, 4.69) is 15.6 Å². The van der Waals surface area contributed by atoms with Crippen molar-refractivity contribution >= 4 is 29.0 Å². The number of carboxylic acids is 1. The van der Waals surface area contributed by atoms with E-state index in [1.54, 1.807) is 42.6 Å². The second kappa shape index (κ2) is 10.9. The van der Waals surface area contributed by atoms with Gasteiger partial charge in [-0.25, -0.2) is 0 Å². The average Bonchev–Trinajstić information content (AvgIpc) is 2.85. The zero-order chi connectivity index (χ0) is 25.7. The topological polar surface area (TPSA) is 166 Å². The van der Waals surface area contributed by atoms with E-state index in [4.69, 9.17) is 11.5 Å². The van der Waals surface area contributed by atoms with Gasteiger partial charge in [-0.1, -0.05) is 30.3 Å². The molecule has 1 aliphatic rings. The molecule has 0 bridgehead atoms. The second-order valence-electron chi connectivity index (χ2n) is 9.09. The number of hydrogen-bond acceptors (Lipinski definition) is 4. The molecule has 10 heteroatoms. The lowest BCUT2D eigenvalue weighted by Crippen LogP contribution is -2.84. The lowest BCUT2D eigenvalue weighted by Gasteiger charge is -2.27. The minimum absolute atomic E-state index is 0.0543. The van der Waals surface area contributed by atoms with Crippen LogP contribution in [0.25, 0.3) is 5.52 Å². The van der Waals surface area contributed by atoms with Crippen LogP contribution in [0.1, 0.15) is 54.1 Å². The molecule has 3 aromatic rings. The minimum atomic E-state index is -1.05. The van der Waals surface area contributed by atoms with Gasteiger partial charge in [-0.2, -0.15) is 0 Å². The molecule has 8 N–H and O–H groups in total. The number of aliphatic carboxylic acids is 1. The number of benzene rings is 1. The fourth-order valence-corrected chi connectivity index (χ4v) is 4.67. The Hall–Kier alpha value is -4.34. The zero-order valence-corrected chi connectivity index (χ0v) is 19.8. The summed E-state index contributed by atoms with van der Waals surface area (Å²) in [5.74, 6) is -1.42. The molecule has 1 saturated carbocycles. The standard InChI is InChI=1S/C26H30N6O4/c27-26(28)30-18-8-6-17(7-9-18)29-19-12-13-32-20(14-19)10-11-21(25(32)36)24(35)31-22(15-23(33)34)16-4-2-1-3-5-16/h1-5,10-14,17-18,22,29H,6-9,15H2,(H,31,35)(H,33,34)(H4,27,28,30)/p+1. The molecule has 2 aromatic heterocycles.